The number of halogens is 1. The molecule has 8 heteroatoms. The summed E-state index contributed by atoms with van der Waals surface area (Å²) >= 11 is 0. The Bertz CT molecular complexity index is 1030. The van der Waals surface area contributed by atoms with Crippen molar-refractivity contribution in [3.8, 4) is 0 Å². The zero-order valence-electron chi connectivity index (χ0n) is 16.9. The fourth-order valence-electron chi connectivity index (χ4n) is 3.76. The summed E-state index contributed by atoms with van der Waals surface area (Å²) in [6.07, 6.45) is 3.13. The van der Waals surface area contributed by atoms with Crippen molar-refractivity contribution in [2.75, 3.05) is 0 Å². The lowest BCUT2D eigenvalue weighted by atomic mass is 9.86. The minimum absolute atomic E-state index is 0.113. The molecule has 0 saturated carbocycles. The molecule has 1 aliphatic rings. The quantitative estimate of drug-likeness (QED) is 0.822. The molecule has 0 bridgehead atoms. The Morgan fingerprint density at radius 1 is 1.28 bits per heavy atom. The van der Waals surface area contributed by atoms with Crippen molar-refractivity contribution in [1.82, 2.24) is 14.5 Å². The summed E-state index contributed by atoms with van der Waals surface area (Å²) in [5, 5.41) is 2.61. The predicted octanol–water partition coefficient (Wildman–Crippen LogP) is 2.91. The van der Waals surface area contributed by atoms with Gasteiger partial charge >= 0.3 is 11.7 Å². The normalized spacial score (nSPS) is 18.3. The molecule has 29 heavy (non-hydrogen) atoms. The number of aromatic nitrogens is 2. The van der Waals surface area contributed by atoms with Gasteiger partial charge in [-0.2, -0.15) is 0 Å². The van der Waals surface area contributed by atoms with Gasteiger partial charge in [-0.1, -0.05) is 39.0 Å². The minimum Gasteiger partial charge on any atom is -0.368 e. The monoisotopic (exact) mass is 402 g/mol. The van der Waals surface area contributed by atoms with Gasteiger partial charge < -0.3 is 11.1 Å². The summed E-state index contributed by atoms with van der Waals surface area (Å²) in [4.78, 5) is 37.9. The lowest BCUT2D eigenvalue weighted by Crippen LogP contribution is -2.54. The highest BCUT2D eigenvalue weighted by molar-refractivity contribution is 5.92. The number of allylic oxidation sites excluding steroid dienone is 2. The van der Waals surface area contributed by atoms with Gasteiger partial charge in [-0.3, -0.25) is 9.36 Å². The van der Waals surface area contributed by atoms with Crippen molar-refractivity contribution < 1.29 is 14.0 Å². The van der Waals surface area contributed by atoms with E-state index < -0.39 is 29.1 Å². The Kier molecular flexibility index (Phi) is 5.64. The first-order valence-electron chi connectivity index (χ1n) is 9.74. The van der Waals surface area contributed by atoms with Crippen LogP contribution in [0.25, 0.3) is 11.0 Å². The number of amides is 2. The number of fused-ring (bicyclic) bond motifs is 1. The van der Waals surface area contributed by atoms with Gasteiger partial charge in [0.2, 0.25) is 5.91 Å². The van der Waals surface area contributed by atoms with Crippen LogP contribution in [-0.2, 0) is 11.3 Å². The fraction of sp³-hybridized carbons (Fsp3) is 0.476. The smallest absolute Gasteiger partial charge is 0.337 e. The Labute approximate surface area is 168 Å². The van der Waals surface area contributed by atoms with E-state index in [2.05, 4.69) is 5.32 Å². The molecule has 3 rings (SSSR count). The van der Waals surface area contributed by atoms with Gasteiger partial charge in [-0.15, -0.1) is 0 Å². The van der Waals surface area contributed by atoms with E-state index >= 15 is 0 Å². The number of hydrogen-bond acceptors (Lipinski definition) is 3. The average molecular weight is 402 g/mol. The third kappa shape index (κ3) is 4.26. The summed E-state index contributed by atoms with van der Waals surface area (Å²) < 4.78 is 15.9. The second kappa shape index (κ2) is 7.85. The zero-order valence-corrected chi connectivity index (χ0v) is 16.9. The van der Waals surface area contributed by atoms with Gasteiger partial charge in [0.1, 0.15) is 6.04 Å². The maximum absolute atomic E-state index is 13.3. The second-order valence-corrected chi connectivity index (χ2v) is 8.66. The first-order valence-corrected chi connectivity index (χ1v) is 9.74. The van der Waals surface area contributed by atoms with Crippen molar-refractivity contribution in [3.63, 3.8) is 0 Å². The van der Waals surface area contributed by atoms with Crippen LogP contribution in [0, 0.1) is 11.3 Å². The van der Waals surface area contributed by atoms with E-state index in [0.717, 1.165) is 4.57 Å². The molecule has 0 saturated heterocycles. The van der Waals surface area contributed by atoms with Gasteiger partial charge in [0, 0.05) is 6.54 Å². The van der Waals surface area contributed by atoms with Gasteiger partial charge in [-0.25, -0.2) is 18.5 Å². The van der Waals surface area contributed by atoms with E-state index in [1.807, 2.05) is 0 Å². The largest absolute Gasteiger partial charge is 0.368 e. The number of imidazole rings is 1. The van der Waals surface area contributed by atoms with Crippen molar-refractivity contribution in [3.05, 3.63) is 46.7 Å². The Morgan fingerprint density at radius 3 is 2.48 bits per heavy atom. The van der Waals surface area contributed by atoms with Crippen molar-refractivity contribution in [2.24, 2.45) is 17.1 Å². The molecule has 1 aromatic carbocycles. The number of benzene rings is 1. The maximum atomic E-state index is 13.3. The number of primary amides is 1. The fourth-order valence-corrected chi connectivity index (χ4v) is 3.76. The van der Waals surface area contributed by atoms with E-state index in [1.54, 1.807) is 55.7 Å². The van der Waals surface area contributed by atoms with Gasteiger partial charge in [0.05, 0.1) is 16.9 Å². The highest BCUT2D eigenvalue weighted by atomic mass is 19.1. The number of carbonyl (C=O) groups excluding carboxylic acids is 2. The van der Waals surface area contributed by atoms with E-state index in [1.165, 1.54) is 0 Å². The molecule has 1 aromatic heterocycles. The number of carbonyl (C=O) groups is 2. The molecule has 2 aromatic rings. The zero-order chi connectivity index (χ0) is 21.3. The third-order valence-electron chi connectivity index (χ3n) is 5.36. The second-order valence-electron chi connectivity index (χ2n) is 8.66. The van der Waals surface area contributed by atoms with Crippen LogP contribution >= 0.6 is 0 Å². The van der Waals surface area contributed by atoms with Crippen LogP contribution in [0.4, 0.5) is 9.18 Å². The van der Waals surface area contributed by atoms with E-state index in [9.17, 15) is 18.8 Å². The Hall–Kier alpha value is -2.90. The van der Waals surface area contributed by atoms with E-state index in [-0.39, 0.29) is 11.7 Å². The molecule has 156 valence electrons. The third-order valence-corrected chi connectivity index (χ3v) is 5.36. The minimum atomic E-state index is -0.935. The highest BCUT2D eigenvalue weighted by Crippen LogP contribution is 2.26. The summed E-state index contributed by atoms with van der Waals surface area (Å²) in [6.45, 7) is 5.74. The number of hydrogen-bond donors (Lipinski definition) is 2. The molecular formula is C21H27FN4O3. The summed E-state index contributed by atoms with van der Waals surface area (Å²) in [6, 6.07) is 5.36. The lowest BCUT2D eigenvalue weighted by Gasteiger charge is -2.28. The Balaban J connectivity index is 1.98. The van der Waals surface area contributed by atoms with Gasteiger partial charge in [-0.05, 0) is 42.7 Å². The molecule has 2 amide bonds. The molecule has 1 aliphatic carbocycles. The average Bonchev–Trinajstić information content (AvgIpc) is 2.92. The molecule has 2 atom stereocenters. The maximum Gasteiger partial charge on any atom is 0.337 e. The number of para-hydroxylation sites is 2. The number of nitrogens with one attached hydrogen (secondary N) is 1. The van der Waals surface area contributed by atoms with Gasteiger partial charge in [0.15, 0.2) is 0 Å². The first kappa shape index (κ1) is 20.8. The van der Waals surface area contributed by atoms with Crippen LogP contribution in [0.15, 0.2) is 41.0 Å². The van der Waals surface area contributed by atoms with Crippen molar-refractivity contribution in [1.29, 1.82) is 0 Å². The lowest BCUT2D eigenvalue weighted by molar-refractivity contribution is -0.122. The molecule has 0 fully saturated rings. The molecule has 0 aliphatic heterocycles. The summed E-state index contributed by atoms with van der Waals surface area (Å²) in [5.74, 6) is -0.670. The molecule has 1 heterocycles. The topological polar surface area (TPSA) is 99.1 Å². The number of rotatable bonds is 4. The van der Waals surface area contributed by atoms with Crippen LogP contribution in [0.2, 0.25) is 0 Å². The molecule has 0 spiro atoms. The van der Waals surface area contributed by atoms with E-state index in [4.69, 9.17) is 5.73 Å². The molecular weight excluding hydrogens is 375 g/mol. The van der Waals surface area contributed by atoms with Crippen molar-refractivity contribution in [2.45, 2.75) is 52.6 Å². The molecule has 3 N–H and O–H groups in total. The summed E-state index contributed by atoms with van der Waals surface area (Å²) in [7, 11) is 0. The van der Waals surface area contributed by atoms with Crippen LogP contribution in [0.5, 0.6) is 0 Å². The predicted molar refractivity (Wildman–Crippen MR) is 109 cm³/mol. The first-order chi connectivity index (χ1) is 13.6. The standard InChI is InChI=1S/C21H27FN4O3/c1-21(2,3)17(18(23)27)24-19(28)26-16-7-5-4-6-15(16)25(20(26)29)12-13-8-10-14(22)11-9-13/h4-7,10,13,17H,8-9,11-12H2,1-3H3,(H2,23,27)(H,24,28)/t13?,17-/m1/s1. The van der Waals surface area contributed by atoms with Crippen LogP contribution < -0.4 is 16.7 Å². The van der Waals surface area contributed by atoms with Crippen LogP contribution in [0.1, 0.15) is 40.0 Å². The number of nitrogens with two attached hydrogens (primary N) is 1. The van der Waals surface area contributed by atoms with E-state index in [0.29, 0.717) is 36.8 Å². The van der Waals surface area contributed by atoms with Crippen molar-refractivity contribution >= 4 is 23.0 Å². The highest BCUT2D eigenvalue weighted by Gasteiger charge is 2.32. The SMILES string of the molecule is CC(C)(C)[C@H](NC(=O)n1c(=O)n(CC2CC=C(F)CC2)c2ccccc21)C(N)=O. The van der Waals surface area contributed by atoms with Gasteiger partial charge in [0.25, 0.3) is 0 Å². The number of nitrogens with zero attached hydrogens (tertiary/aromatic N) is 2. The van der Waals surface area contributed by atoms with Crippen LogP contribution in [-0.4, -0.2) is 27.1 Å². The molecule has 7 nitrogen and oxygen atoms in total. The molecule has 1 unspecified atom stereocenters. The Morgan fingerprint density at radius 2 is 1.93 bits per heavy atom. The van der Waals surface area contributed by atoms with Crippen LogP contribution in [0.3, 0.4) is 0 Å². The molecule has 0 radical (unpaired) electrons. The summed E-state index contributed by atoms with van der Waals surface area (Å²) in [5.41, 5.74) is 5.43.